The molecule has 0 unspecified atom stereocenters. The molecule has 2 aromatic rings. The van der Waals surface area contributed by atoms with Gasteiger partial charge >= 0.3 is 0 Å². The average molecular weight is 354 g/mol. The maximum absolute atomic E-state index is 12.1. The van der Waals surface area contributed by atoms with Crippen LogP contribution < -0.4 is 19.7 Å². The van der Waals surface area contributed by atoms with Gasteiger partial charge < -0.3 is 19.7 Å². The Morgan fingerprint density at radius 3 is 2.81 bits per heavy atom. The largest absolute Gasteiger partial charge is 0.484 e. The predicted molar refractivity (Wildman–Crippen MR) is 99.8 cm³/mol. The van der Waals surface area contributed by atoms with Gasteiger partial charge in [0.05, 0.1) is 5.69 Å². The van der Waals surface area contributed by atoms with Crippen molar-refractivity contribution in [1.82, 2.24) is 0 Å². The summed E-state index contributed by atoms with van der Waals surface area (Å²) in [5, 5.41) is 2.80. The van der Waals surface area contributed by atoms with Gasteiger partial charge in [-0.3, -0.25) is 9.59 Å². The molecule has 2 amide bonds. The molecule has 1 aliphatic heterocycles. The van der Waals surface area contributed by atoms with Crippen LogP contribution in [0.25, 0.3) is 0 Å². The van der Waals surface area contributed by atoms with Gasteiger partial charge in [-0.25, -0.2) is 0 Å². The van der Waals surface area contributed by atoms with E-state index in [-0.39, 0.29) is 25.0 Å². The molecule has 26 heavy (non-hydrogen) atoms. The van der Waals surface area contributed by atoms with Gasteiger partial charge in [0, 0.05) is 12.2 Å². The number of anilines is 2. The minimum absolute atomic E-state index is 0.0489. The lowest BCUT2D eigenvalue weighted by Crippen LogP contribution is -2.39. The van der Waals surface area contributed by atoms with Crippen molar-refractivity contribution in [1.29, 1.82) is 0 Å². The Balaban J connectivity index is 1.66. The van der Waals surface area contributed by atoms with Crippen LogP contribution >= 0.6 is 0 Å². The number of nitrogens with one attached hydrogen (secondary N) is 1. The molecule has 0 saturated heterocycles. The normalized spacial score (nSPS) is 13.0. The highest BCUT2D eigenvalue weighted by molar-refractivity contribution is 5.99. The SMILES string of the molecule is CCCCN1C(=O)COc2ccc(NC(=O)COc3ccccc3)cc21. The van der Waals surface area contributed by atoms with Crippen LogP contribution in [0.15, 0.2) is 48.5 Å². The van der Waals surface area contributed by atoms with Crippen molar-refractivity contribution in [2.75, 3.05) is 30.0 Å². The van der Waals surface area contributed by atoms with E-state index in [1.807, 2.05) is 18.2 Å². The van der Waals surface area contributed by atoms with Crippen LogP contribution in [-0.4, -0.2) is 31.6 Å². The molecule has 1 N–H and O–H groups in total. The predicted octanol–water partition coefficient (Wildman–Crippen LogP) is 3.23. The van der Waals surface area contributed by atoms with Crippen molar-refractivity contribution in [3.63, 3.8) is 0 Å². The molecule has 2 aromatic carbocycles. The van der Waals surface area contributed by atoms with Gasteiger partial charge in [-0.2, -0.15) is 0 Å². The van der Waals surface area contributed by atoms with Crippen molar-refractivity contribution in [2.24, 2.45) is 0 Å². The first-order valence-electron chi connectivity index (χ1n) is 8.72. The summed E-state index contributed by atoms with van der Waals surface area (Å²) in [6, 6.07) is 14.5. The Kier molecular flexibility index (Phi) is 5.73. The first-order valence-corrected chi connectivity index (χ1v) is 8.72. The number of benzene rings is 2. The van der Waals surface area contributed by atoms with Crippen LogP contribution in [0, 0.1) is 0 Å². The number of fused-ring (bicyclic) bond motifs is 1. The van der Waals surface area contributed by atoms with Crippen LogP contribution in [0.4, 0.5) is 11.4 Å². The van der Waals surface area contributed by atoms with Crippen LogP contribution in [-0.2, 0) is 9.59 Å². The Labute approximate surface area is 152 Å². The number of para-hydroxylation sites is 1. The highest BCUT2D eigenvalue weighted by atomic mass is 16.5. The summed E-state index contributed by atoms with van der Waals surface area (Å²) in [7, 11) is 0. The minimum atomic E-state index is -0.267. The van der Waals surface area contributed by atoms with Gasteiger partial charge in [0.25, 0.3) is 11.8 Å². The van der Waals surface area contributed by atoms with Gasteiger partial charge in [0.1, 0.15) is 11.5 Å². The van der Waals surface area contributed by atoms with Gasteiger partial charge in [-0.05, 0) is 36.8 Å². The lowest BCUT2D eigenvalue weighted by Gasteiger charge is -2.29. The summed E-state index contributed by atoms with van der Waals surface area (Å²) < 4.78 is 10.9. The zero-order valence-corrected chi connectivity index (χ0v) is 14.7. The van der Waals surface area contributed by atoms with Gasteiger partial charge in [0.2, 0.25) is 0 Å². The second-order valence-corrected chi connectivity index (χ2v) is 6.02. The molecule has 0 spiro atoms. The molecule has 0 saturated carbocycles. The van der Waals surface area contributed by atoms with E-state index in [1.165, 1.54) is 0 Å². The van der Waals surface area contributed by atoms with Crippen molar-refractivity contribution in [3.8, 4) is 11.5 Å². The van der Waals surface area contributed by atoms with Crippen molar-refractivity contribution in [2.45, 2.75) is 19.8 Å². The number of carbonyl (C=O) groups is 2. The first kappa shape index (κ1) is 17.8. The van der Waals surface area contributed by atoms with Crippen LogP contribution in [0.5, 0.6) is 11.5 Å². The zero-order valence-electron chi connectivity index (χ0n) is 14.7. The molecule has 6 nitrogen and oxygen atoms in total. The molecule has 0 bridgehead atoms. The molecule has 0 aromatic heterocycles. The lowest BCUT2D eigenvalue weighted by molar-refractivity contribution is -0.121. The van der Waals surface area contributed by atoms with Crippen molar-refractivity contribution >= 4 is 23.2 Å². The third kappa shape index (κ3) is 4.33. The molecule has 1 aliphatic rings. The van der Waals surface area contributed by atoms with E-state index in [4.69, 9.17) is 9.47 Å². The molecule has 0 fully saturated rings. The number of hydrogen-bond acceptors (Lipinski definition) is 4. The summed E-state index contributed by atoms with van der Waals surface area (Å²) in [6.07, 6.45) is 1.90. The summed E-state index contributed by atoms with van der Waals surface area (Å²) in [6.45, 7) is 2.68. The second kappa shape index (κ2) is 8.38. The molecule has 136 valence electrons. The molecule has 3 rings (SSSR count). The average Bonchev–Trinajstić information content (AvgIpc) is 2.66. The minimum Gasteiger partial charge on any atom is -0.484 e. The number of hydrogen-bond donors (Lipinski definition) is 1. The Hall–Kier alpha value is -3.02. The third-order valence-corrected chi connectivity index (χ3v) is 4.03. The summed E-state index contributed by atoms with van der Waals surface area (Å²) >= 11 is 0. The molecular formula is C20H22N2O4. The molecule has 0 radical (unpaired) electrons. The number of ether oxygens (including phenoxy) is 2. The fourth-order valence-electron chi connectivity index (χ4n) is 2.70. The Morgan fingerprint density at radius 1 is 1.23 bits per heavy atom. The highest BCUT2D eigenvalue weighted by Gasteiger charge is 2.25. The zero-order chi connectivity index (χ0) is 18.4. The summed E-state index contributed by atoms with van der Waals surface area (Å²) in [4.78, 5) is 26.0. The molecule has 1 heterocycles. The quantitative estimate of drug-likeness (QED) is 0.829. The van der Waals surface area contributed by atoms with E-state index in [2.05, 4.69) is 12.2 Å². The summed E-state index contributed by atoms with van der Waals surface area (Å²) in [5.41, 5.74) is 1.29. The van der Waals surface area contributed by atoms with Crippen molar-refractivity contribution in [3.05, 3.63) is 48.5 Å². The molecular weight excluding hydrogens is 332 g/mol. The van der Waals surface area contributed by atoms with Crippen LogP contribution in [0.3, 0.4) is 0 Å². The highest BCUT2D eigenvalue weighted by Crippen LogP contribution is 2.34. The number of amides is 2. The Morgan fingerprint density at radius 2 is 2.04 bits per heavy atom. The lowest BCUT2D eigenvalue weighted by atomic mass is 10.2. The second-order valence-electron chi connectivity index (χ2n) is 6.02. The maximum Gasteiger partial charge on any atom is 0.265 e. The van der Waals surface area contributed by atoms with Crippen LogP contribution in [0.1, 0.15) is 19.8 Å². The number of rotatable bonds is 7. The maximum atomic E-state index is 12.1. The van der Waals surface area contributed by atoms with E-state index in [1.54, 1.807) is 35.2 Å². The van der Waals surface area contributed by atoms with Crippen LogP contribution in [0.2, 0.25) is 0 Å². The standard InChI is InChI=1S/C20H22N2O4/c1-2-3-11-22-17-12-15(9-10-18(17)26-14-20(22)24)21-19(23)13-25-16-7-5-4-6-8-16/h4-10,12H,2-3,11,13-14H2,1H3,(H,21,23). The fourth-order valence-corrected chi connectivity index (χ4v) is 2.70. The summed E-state index contributed by atoms with van der Waals surface area (Å²) in [5.74, 6) is 0.955. The first-order chi connectivity index (χ1) is 12.7. The van der Waals surface area contributed by atoms with Gasteiger partial charge in [-0.15, -0.1) is 0 Å². The molecule has 0 aliphatic carbocycles. The topological polar surface area (TPSA) is 67.9 Å². The molecule has 0 atom stereocenters. The van der Waals surface area contributed by atoms with Gasteiger partial charge in [-0.1, -0.05) is 31.5 Å². The van der Waals surface area contributed by atoms with Gasteiger partial charge in [0.15, 0.2) is 13.2 Å². The third-order valence-electron chi connectivity index (χ3n) is 4.03. The van der Waals surface area contributed by atoms with Crippen molar-refractivity contribution < 1.29 is 19.1 Å². The molecule has 6 heteroatoms. The smallest absolute Gasteiger partial charge is 0.265 e. The number of nitrogens with zero attached hydrogens (tertiary/aromatic N) is 1. The van der Waals surface area contributed by atoms with E-state index in [0.717, 1.165) is 12.8 Å². The van der Waals surface area contributed by atoms with E-state index in [9.17, 15) is 9.59 Å². The van der Waals surface area contributed by atoms with E-state index >= 15 is 0 Å². The fraction of sp³-hybridized carbons (Fsp3) is 0.300. The number of unbranched alkanes of at least 4 members (excludes halogenated alkanes) is 1. The number of carbonyl (C=O) groups excluding carboxylic acids is 2. The Bertz CT molecular complexity index is 777. The van der Waals surface area contributed by atoms with E-state index in [0.29, 0.717) is 29.4 Å². The van der Waals surface area contributed by atoms with E-state index < -0.39 is 0 Å². The monoisotopic (exact) mass is 354 g/mol.